The summed E-state index contributed by atoms with van der Waals surface area (Å²) < 4.78 is 6.28. The van der Waals surface area contributed by atoms with Gasteiger partial charge in [-0.05, 0) is 24.5 Å². The Morgan fingerprint density at radius 3 is 2.61 bits per heavy atom. The third-order valence-corrected chi connectivity index (χ3v) is 5.56. The molecule has 0 spiro atoms. The highest BCUT2D eigenvalue weighted by molar-refractivity contribution is 5.98. The molecule has 0 aliphatic heterocycles. The van der Waals surface area contributed by atoms with Crippen molar-refractivity contribution in [3.05, 3.63) is 90.6 Å². The third-order valence-electron chi connectivity index (χ3n) is 5.56. The normalized spacial score (nSPS) is 10.7. The fourth-order valence-corrected chi connectivity index (χ4v) is 3.67. The Morgan fingerprint density at radius 1 is 1.22 bits per heavy atom. The topological polar surface area (TPSA) is 166 Å². The number of benzene rings is 2. The highest BCUT2D eigenvalue weighted by atomic mass is 16.6. The van der Waals surface area contributed by atoms with Gasteiger partial charge in [0.15, 0.2) is 5.69 Å². The molecule has 0 bridgehead atoms. The zero-order valence-electron chi connectivity index (χ0n) is 20.0. The molecular formula is C24H28N6O6. The van der Waals surface area contributed by atoms with Crippen molar-refractivity contribution >= 4 is 28.8 Å². The number of nitrogens with one attached hydrogen (secondary N) is 2. The summed E-state index contributed by atoms with van der Waals surface area (Å²) in [7, 11) is 1.51. The molecule has 0 atom stereocenters. The number of methoxy groups -OCH3 is 1. The van der Waals surface area contributed by atoms with Crippen molar-refractivity contribution in [2.24, 2.45) is 0 Å². The first-order chi connectivity index (χ1) is 17.2. The number of hydrogen-bond acceptors (Lipinski definition) is 8. The Hall–Kier alpha value is -4.45. The minimum absolute atomic E-state index is 0.0963. The van der Waals surface area contributed by atoms with Gasteiger partial charge in [0.2, 0.25) is 5.91 Å². The van der Waals surface area contributed by atoms with Gasteiger partial charge >= 0.3 is 5.69 Å². The highest BCUT2D eigenvalue weighted by Gasteiger charge is 2.24. The van der Waals surface area contributed by atoms with Crippen LogP contribution in [0.5, 0.6) is 0 Å². The van der Waals surface area contributed by atoms with Crippen molar-refractivity contribution in [2.75, 3.05) is 42.8 Å². The van der Waals surface area contributed by atoms with E-state index in [1.807, 2.05) is 30.3 Å². The van der Waals surface area contributed by atoms with Crippen molar-refractivity contribution < 1.29 is 14.5 Å². The molecule has 36 heavy (non-hydrogen) atoms. The second-order valence-electron chi connectivity index (χ2n) is 8.07. The minimum Gasteiger partial charge on any atom is -0.385 e. The molecule has 12 heteroatoms. The van der Waals surface area contributed by atoms with Gasteiger partial charge in [-0.2, -0.15) is 0 Å². The van der Waals surface area contributed by atoms with Gasteiger partial charge in [-0.25, -0.2) is 4.79 Å². The summed E-state index contributed by atoms with van der Waals surface area (Å²) >= 11 is 0. The Kier molecular flexibility index (Phi) is 8.57. The second-order valence-corrected chi connectivity index (χ2v) is 8.07. The Labute approximate surface area is 206 Å². The average molecular weight is 497 g/mol. The monoisotopic (exact) mass is 496 g/mol. The fraction of sp³-hybridized carbons (Fsp3) is 0.292. The number of H-pyrrole nitrogens is 1. The summed E-state index contributed by atoms with van der Waals surface area (Å²) in [6.45, 7) is 1.99. The van der Waals surface area contributed by atoms with Crippen LogP contribution >= 0.6 is 0 Å². The number of nitrogens with zero attached hydrogens (tertiary/aromatic N) is 3. The van der Waals surface area contributed by atoms with Crippen LogP contribution in [0.3, 0.4) is 0 Å². The van der Waals surface area contributed by atoms with Gasteiger partial charge < -0.3 is 20.7 Å². The molecule has 1 amide bonds. The molecule has 190 valence electrons. The molecule has 4 N–H and O–H groups in total. The number of non-ortho nitro benzene ring substituents is 1. The number of nitro benzene ring substituents is 1. The van der Waals surface area contributed by atoms with E-state index < -0.39 is 22.1 Å². The SMILES string of the molecule is COCCCN(C(=O)CNc1cc([N+](=O)[O-])ccc1C)c1c(N)n(Cc2ccccc2)c(=O)[nH]c1=O. The molecule has 1 heterocycles. The third kappa shape index (κ3) is 6.16. The lowest BCUT2D eigenvalue weighted by molar-refractivity contribution is -0.384. The number of hydrogen-bond donors (Lipinski definition) is 3. The fourth-order valence-electron chi connectivity index (χ4n) is 3.67. The molecule has 0 aliphatic rings. The van der Waals surface area contributed by atoms with E-state index in [4.69, 9.17) is 10.5 Å². The van der Waals surface area contributed by atoms with Gasteiger partial charge in [-0.3, -0.25) is 29.3 Å². The van der Waals surface area contributed by atoms with Crippen LogP contribution in [0.15, 0.2) is 58.1 Å². The molecule has 0 radical (unpaired) electrons. The van der Waals surface area contributed by atoms with Crippen LogP contribution in [0, 0.1) is 17.0 Å². The van der Waals surface area contributed by atoms with Crippen LogP contribution < -0.4 is 27.2 Å². The molecule has 0 unspecified atom stereocenters. The number of anilines is 3. The molecular weight excluding hydrogens is 468 g/mol. The maximum Gasteiger partial charge on any atom is 0.330 e. The van der Waals surface area contributed by atoms with E-state index >= 15 is 0 Å². The van der Waals surface area contributed by atoms with Crippen molar-refractivity contribution in [3.8, 4) is 0 Å². The zero-order valence-corrected chi connectivity index (χ0v) is 20.0. The van der Waals surface area contributed by atoms with Crippen molar-refractivity contribution in [1.82, 2.24) is 9.55 Å². The molecule has 12 nitrogen and oxygen atoms in total. The summed E-state index contributed by atoms with van der Waals surface area (Å²) in [5.41, 5.74) is 6.41. The molecule has 0 saturated heterocycles. The zero-order chi connectivity index (χ0) is 26.2. The summed E-state index contributed by atoms with van der Waals surface area (Å²) in [6, 6.07) is 13.3. The van der Waals surface area contributed by atoms with Gasteiger partial charge in [0.05, 0.1) is 18.0 Å². The lowest BCUT2D eigenvalue weighted by atomic mass is 10.2. The molecule has 2 aromatic carbocycles. The van der Waals surface area contributed by atoms with Gasteiger partial charge in [-0.15, -0.1) is 0 Å². The molecule has 3 aromatic rings. The number of carbonyl (C=O) groups excluding carboxylic acids is 1. The number of rotatable bonds is 11. The second kappa shape index (κ2) is 11.8. The first-order valence-electron chi connectivity index (χ1n) is 11.2. The van der Waals surface area contributed by atoms with Crippen molar-refractivity contribution in [3.63, 3.8) is 0 Å². The van der Waals surface area contributed by atoms with E-state index in [1.165, 1.54) is 28.7 Å². The van der Waals surface area contributed by atoms with Crippen LogP contribution in [-0.4, -0.2) is 47.2 Å². The largest absolute Gasteiger partial charge is 0.385 e. The lowest BCUT2D eigenvalue weighted by Gasteiger charge is -2.25. The molecule has 1 aromatic heterocycles. The number of carbonyl (C=O) groups is 1. The summed E-state index contributed by atoms with van der Waals surface area (Å²) in [6.07, 6.45) is 0.398. The number of aryl methyl sites for hydroxylation is 1. The Bertz CT molecular complexity index is 1350. The minimum atomic E-state index is -0.792. The first-order valence-corrected chi connectivity index (χ1v) is 11.2. The number of nitrogen functional groups attached to an aromatic ring is 1. The van der Waals surface area contributed by atoms with Gasteiger partial charge in [0.1, 0.15) is 5.82 Å². The summed E-state index contributed by atoms with van der Waals surface area (Å²) in [5.74, 6) is -0.663. The van der Waals surface area contributed by atoms with E-state index in [1.54, 1.807) is 13.0 Å². The van der Waals surface area contributed by atoms with Gasteiger partial charge in [0.25, 0.3) is 11.2 Å². The molecule has 0 saturated carbocycles. The van der Waals surface area contributed by atoms with Crippen LogP contribution in [0.2, 0.25) is 0 Å². The van der Waals surface area contributed by atoms with Gasteiger partial charge in [-0.1, -0.05) is 36.4 Å². The maximum absolute atomic E-state index is 13.3. The standard InChI is InChI=1S/C24H28N6O6/c1-16-9-10-18(30(34)35)13-19(16)26-14-20(31)28(11-6-12-36-2)21-22(25)29(24(33)27-23(21)32)15-17-7-4-3-5-8-17/h3-5,7-10,13,26H,6,11-12,14-15,25H2,1-2H3,(H,27,32,33). The molecule has 0 aliphatic carbocycles. The lowest BCUT2D eigenvalue weighted by Crippen LogP contribution is -2.44. The van der Waals surface area contributed by atoms with Crippen LogP contribution in [-0.2, 0) is 16.1 Å². The van der Waals surface area contributed by atoms with E-state index in [2.05, 4.69) is 10.3 Å². The Morgan fingerprint density at radius 2 is 1.94 bits per heavy atom. The van der Waals surface area contributed by atoms with Crippen LogP contribution in [0.4, 0.5) is 22.9 Å². The van der Waals surface area contributed by atoms with E-state index in [9.17, 15) is 24.5 Å². The predicted molar refractivity (Wildman–Crippen MR) is 136 cm³/mol. The van der Waals surface area contributed by atoms with Crippen molar-refractivity contribution in [2.45, 2.75) is 19.9 Å². The van der Waals surface area contributed by atoms with E-state index in [0.29, 0.717) is 24.3 Å². The summed E-state index contributed by atoms with van der Waals surface area (Å²) in [5, 5.41) is 14.0. The molecule has 0 fully saturated rings. The van der Waals surface area contributed by atoms with Crippen LogP contribution in [0.1, 0.15) is 17.5 Å². The Balaban J connectivity index is 1.94. The number of nitro groups is 1. The van der Waals surface area contributed by atoms with E-state index in [0.717, 1.165) is 5.56 Å². The van der Waals surface area contributed by atoms with E-state index in [-0.39, 0.29) is 36.8 Å². The smallest absolute Gasteiger partial charge is 0.330 e. The predicted octanol–water partition coefficient (Wildman–Crippen LogP) is 1.87. The first kappa shape index (κ1) is 26.2. The number of nitrogens with two attached hydrogens (primary N) is 1. The number of aromatic nitrogens is 2. The summed E-state index contributed by atoms with van der Waals surface area (Å²) in [4.78, 5) is 52.7. The number of aromatic amines is 1. The maximum atomic E-state index is 13.3. The van der Waals surface area contributed by atoms with Crippen molar-refractivity contribution in [1.29, 1.82) is 0 Å². The van der Waals surface area contributed by atoms with Crippen LogP contribution in [0.25, 0.3) is 0 Å². The highest BCUT2D eigenvalue weighted by Crippen LogP contribution is 2.23. The quantitative estimate of drug-likeness (QED) is 0.205. The average Bonchev–Trinajstić information content (AvgIpc) is 2.85. The number of amides is 1. The molecule has 3 rings (SSSR count). The van der Waals surface area contributed by atoms with Gasteiger partial charge in [0, 0.05) is 38.1 Å². The number of ether oxygens (including phenoxy) is 1.